The summed E-state index contributed by atoms with van der Waals surface area (Å²) in [5, 5.41) is 11.7. The fraction of sp³-hybridized carbons (Fsp3) is 0.343. The molecule has 4 nitrogen and oxygen atoms in total. The molecule has 0 aromatic heterocycles. The van der Waals surface area contributed by atoms with Crippen LogP contribution in [0, 0.1) is 0 Å². The number of benzene rings is 1. The van der Waals surface area contributed by atoms with E-state index in [1.165, 1.54) is 5.57 Å². The zero-order valence-corrected chi connectivity index (χ0v) is 25.7. The van der Waals surface area contributed by atoms with Crippen molar-refractivity contribution in [3.05, 3.63) is 126 Å². The van der Waals surface area contributed by atoms with Crippen molar-refractivity contribution in [3.63, 3.8) is 0 Å². The van der Waals surface area contributed by atoms with Crippen LogP contribution in [0.15, 0.2) is 115 Å². The van der Waals surface area contributed by atoms with Crippen molar-refractivity contribution in [3.8, 4) is 0 Å². The van der Waals surface area contributed by atoms with E-state index in [-0.39, 0.29) is 0 Å². The predicted octanol–water partition coefficient (Wildman–Crippen LogP) is 8.32. The fourth-order valence-electron chi connectivity index (χ4n) is 3.64. The van der Waals surface area contributed by atoms with Gasteiger partial charge in [0.05, 0.1) is 5.60 Å². The lowest BCUT2D eigenvalue weighted by molar-refractivity contribution is -0.107. The molecule has 0 saturated carbocycles. The third-order valence-electron chi connectivity index (χ3n) is 6.27. The molecule has 1 aromatic carbocycles. The van der Waals surface area contributed by atoms with Gasteiger partial charge in [-0.2, -0.15) is 0 Å². The van der Waals surface area contributed by atoms with E-state index in [0.29, 0.717) is 32.5 Å². The summed E-state index contributed by atoms with van der Waals surface area (Å²) < 4.78 is 0. The summed E-state index contributed by atoms with van der Waals surface area (Å²) >= 11 is 6.12. The number of carbonyl (C=O) groups is 1. The molecule has 216 valence electrons. The Kier molecular flexibility index (Phi) is 16.4. The lowest BCUT2D eigenvalue weighted by Gasteiger charge is -2.24. The highest BCUT2D eigenvalue weighted by atomic mass is 35.5. The first kappa shape index (κ1) is 34.7. The molecule has 0 fully saturated rings. The summed E-state index contributed by atoms with van der Waals surface area (Å²) in [5.41, 5.74) is 4.39. The normalized spacial score (nSPS) is 14.6. The Balaban J connectivity index is 2.78. The standard InChI is InChI=1S/C35H47ClN2O2/c1-8-29(3)16-17-30(4)27-38(23-10-11-25-39)24-21-35(6,40)20-13-22-37(7)28-32(9-2)19-18-31(5)33-14-12-15-34(36)26-33/h8-9,12-19,21-22,24-26,40H,2,4,10-11,20,23,27-28H2,1,3,5-7H3/b17-16-,22-13+,24-21+,29-8-,31-18+,32-19+. The molecule has 0 aliphatic rings. The molecule has 0 spiro atoms. The maximum atomic E-state index is 11.0. The number of carbonyl (C=O) groups excluding carboxylic acids is 1. The minimum atomic E-state index is -1.02. The van der Waals surface area contributed by atoms with Crippen molar-refractivity contribution >= 4 is 23.5 Å². The van der Waals surface area contributed by atoms with Gasteiger partial charge in [0.25, 0.3) is 0 Å². The second kappa shape index (κ2) is 18.9. The van der Waals surface area contributed by atoms with E-state index in [1.54, 1.807) is 6.92 Å². The van der Waals surface area contributed by atoms with Crippen LogP contribution in [0.25, 0.3) is 5.57 Å². The van der Waals surface area contributed by atoms with E-state index in [1.807, 2.05) is 94.0 Å². The van der Waals surface area contributed by atoms with Gasteiger partial charge in [0.2, 0.25) is 0 Å². The van der Waals surface area contributed by atoms with Gasteiger partial charge in [0.15, 0.2) is 0 Å². The average Bonchev–Trinajstić information content (AvgIpc) is 2.92. The summed E-state index contributed by atoms with van der Waals surface area (Å²) in [6.07, 6.45) is 22.4. The van der Waals surface area contributed by atoms with Gasteiger partial charge in [-0.25, -0.2) is 0 Å². The van der Waals surface area contributed by atoms with Crippen LogP contribution < -0.4 is 0 Å². The van der Waals surface area contributed by atoms with Crippen LogP contribution in [0.5, 0.6) is 0 Å². The van der Waals surface area contributed by atoms with Crippen molar-refractivity contribution in [1.82, 2.24) is 9.80 Å². The van der Waals surface area contributed by atoms with Crippen LogP contribution in [-0.2, 0) is 4.79 Å². The van der Waals surface area contributed by atoms with Gasteiger partial charge < -0.3 is 19.7 Å². The van der Waals surface area contributed by atoms with E-state index < -0.39 is 5.60 Å². The number of allylic oxidation sites excluding steroid dienone is 6. The fourth-order valence-corrected chi connectivity index (χ4v) is 3.83. The number of likely N-dealkylation sites (N-methyl/N-ethyl adjacent to an activating group) is 1. The van der Waals surface area contributed by atoms with Gasteiger partial charge in [-0.05, 0) is 93.4 Å². The molecule has 0 aliphatic heterocycles. The van der Waals surface area contributed by atoms with E-state index in [2.05, 4.69) is 42.0 Å². The third-order valence-corrected chi connectivity index (χ3v) is 6.50. The highest BCUT2D eigenvalue weighted by molar-refractivity contribution is 6.30. The van der Waals surface area contributed by atoms with E-state index >= 15 is 0 Å². The summed E-state index contributed by atoms with van der Waals surface area (Å²) in [7, 11) is 2.00. The maximum absolute atomic E-state index is 11.0. The number of nitrogens with zero attached hydrogens (tertiary/aromatic N) is 2. The first-order valence-electron chi connectivity index (χ1n) is 13.7. The summed E-state index contributed by atoms with van der Waals surface area (Å²) in [4.78, 5) is 14.9. The highest BCUT2D eigenvalue weighted by Crippen LogP contribution is 2.19. The van der Waals surface area contributed by atoms with Crippen LogP contribution in [0.3, 0.4) is 0 Å². The monoisotopic (exact) mass is 562 g/mol. The Morgan fingerprint density at radius 1 is 1.15 bits per heavy atom. The van der Waals surface area contributed by atoms with Gasteiger partial charge in [-0.15, -0.1) is 0 Å². The molecular formula is C35H47ClN2O2. The van der Waals surface area contributed by atoms with Gasteiger partial charge in [0.1, 0.15) is 6.29 Å². The van der Waals surface area contributed by atoms with Gasteiger partial charge in [-0.1, -0.05) is 85.0 Å². The predicted molar refractivity (Wildman–Crippen MR) is 174 cm³/mol. The lowest BCUT2D eigenvalue weighted by Crippen LogP contribution is -2.25. The van der Waals surface area contributed by atoms with E-state index in [4.69, 9.17) is 11.6 Å². The lowest BCUT2D eigenvalue weighted by atomic mass is 10.0. The Bertz CT molecular complexity index is 1150. The van der Waals surface area contributed by atoms with Gasteiger partial charge in [0, 0.05) is 38.1 Å². The van der Waals surface area contributed by atoms with Crippen molar-refractivity contribution in [2.24, 2.45) is 0 Å². The highest BCUT2D eigenvalue weighted by Gasteiger charge is 2.15. The number of halogens is 1. The molecule has 0 saturated heterocycles. The van der Waals surface area contributed by atoms with E-state index in [0.717, 1.165) is 40.0 Å². The Hall–Kier alpha value is -3.34. The molecule has 0 radical (unpaired) electrons. The van der Waals surface area contributed by atoms with Crippen molar-refractivity contribution < 1.29 is 9.90 Å². The smallest absolute Gasteiger partial charge is 0.120 e. The number of unbranched alkanes of at least 4 members (excludes halogenated alkanes) is 1. The molecule has 1 rings (SSSR count). The van der Waals surface area contributed by atoms with Crippen LogP contribution in [0.4, 0.5) is 0 Å². The molecule has 1 N–H and O–H groups in total. The zero-order chi connectivity index (χ0) is 30.0. The van der Waals surface area contributed by atoms with Gasteiger partial charge in [-0.3, -0.25) is 0 Å². The Morgan fingerprint density at radius 3 is 2.55 bits per heavy atom. The van der Waals surface area contributed by atoms with E-state index in [9.17, 15) is 9.90 Å². The molecule has 40 heavy (non-hydrogen) atoms. The first-order chi connectivity index (χ1) is 19.0. The molecule has 0 aliphatic carbocycles. The average molecular weight is 563 g/mol. The summed E-state index contributed by atoms with van der Waals surface area (Å²) in [5.74, 6) is 0. The van der Waals surface area contributed by atoms with Crippen LogP contribution in [-0.4, -0.2) is 53.5 Å². The zero-order valence-electron chi connectivity index (χ0n) is 24.9. The largest absolute Gasteiger partial charge is 0.386 e. The Labute approximate surface area is 247 Å². The molecule has 5 heteroatoms. The Morgan fingerprint density at radius 2 is 1.90 bits per heavy atom. The van der Waals surface area contributed by atoms with Crippen LogP contribution >= 0.6 is 11.6 Å². The maximum Gasteiger partial charge on any atom is 0.120 e. The van der Waals surface area contributed by atoms with Crippen LogP contribution in [0.2, 0.25) is 5.02 Å². The minimum absolute atomic E-state index is 0.457. The molecule has 0 amide bonds. The van der Waals surface area contributed by atoms with Crippen molar-refractivity contribution in [2.75, 3.05) is 26.7 Å². The molecule has 0 bridgehead atoms. The first-order valence-corrected chi connectivity index (χ1v) is 14.1. The van der Waals surface area contributed by atoms with Crippen molar-refractivity contribution in [1.29, 1.82) is 0 Å². The topological polar surface area (TPSA) is 43.8 Å². The van der Waals surface area contributed by atoms with Gasteiger partial charge >= 0.3 is 0 Å². The molecule has 1 atom stereocenters. The molecule has 1 unspecified atom stereocenters. The third kappa shape index (κ3) is 15.3. The molecule has 0 heterocycles. The van der Waals surface area contributed by atoms with Crippen molar-refractivity contribution in [2.45, 2.75) is 52.6 Å². The quantitative estimate of drug-likeness (QED) is 0.111. The summed E-state index contributed by atoms with van der Waals surface area (Å²) in [6, 6.07) is 7.81. The SMILES string of the molecule is C=C/C(=C\C=C(/C)c1cccc(Cl)c1)CN(C)/C=C/CC(C)(O)/C=C/N(CCCC=O)CC(=C)/C=C\C(C)=C/C. The van der Waals surface area contributed by atoms with Crippen LogP contribution in [0.1, 0.15) is 52.5 Å². The minimum Gasteiger partial charge on any atom is -0.386 e. The summed E-state index contributed by atoms with van der Waals surface area (Å²) in [6.45, 7) is 18.0. The number of aliphatic hydroxyl groups is 1. The number of aldehydes is 1. The second-order valence-electron chi connectivity index (χ2n) is 10.3. The number of hydrogen-bond donors (Lipinski definition) is 1. The second-order valence-corrected chi connectivity index (χ2v) is 10.7. The number of rotatable bonds is 18. The molecule has 1 aromatic rings. The number of hydrogen-bond acceptors (Lipinski definition) is 4. The molecular weight excluding hydrogens is 516 g/mol.